The molecule has 2 aromatic rings. The van der Waals surface area contributed by atoms with E-state index in [1.165, 1.54) is 18.4 Å². The number of hydrogen-bond acceptors (Lipinski definition) is 2. The zero-order chi connectivity index (χ0) is 21.5. The van der Waals surface area contributed by atoms with Crippen LogP contribution in [0.2, 0.25) is 0 Å². The SMILES string of the molecule is Cc1cc(C)cc(CC(=O)N(CCc2ccccc2)[C@H](C)C(=O)NC2CCCC2)c1. The van der Waals surface area contributed by atoms with Crippen LogP contribution in [0.1, 0.15) is 54.9 Å². The van der Waals surface area contributed by atoms with E-state index in [2.05, 4.69) is 35.6 Å². The van der Waals surface area contributed by atoms with Crippen molar-refractivity contribution in [3.63, 3.8) is 0 Å². The predicted octanol–water partition coefficient (Wildman–Crippen LogP) is 4.36. The number of benzene rings is 2. The summed E-state index contributed by atoms with van der Waals surface area (Å²) in [7, 11) is 0. The highest BCUT2D eigenvalue weighted by atomic mass is 16.2. The Morgan fingerprint density at radius 2 is 1.63 bits per heavy atom. The summed E-state index contributed by atoms with van der Waals surface area (Å²) in [6, 6.07) is 16.1. The maximum absolute atomic E-state index is 13.3. The van der Waals surface area contributed by atoms with Gasteiger partial charge in [-0.15, -0.1) is 0 Å². The van der Waals surface area contributed by atoms with E-state index in [0.29, 0.717) is 13.0 Å². The van der Waals surface area contributed by atoms with Crippen molar-refractivity contribution in [2.24, 2.45) is 0 Å². The first-order valence-corrected chi connectivity index (χ1v) is 11.1. The highest BCUT2D eigenvalue weighted by Gasteiger charge is 2.28. The molecule has 160 valence electrons. The molecule has 0 unspecified atom stereocenters. The van der Waals surface area contributed by atoms with Gasteiger partial charge < -0.3 is 10.2 Å². The summed E-state index contributed by atoms with van der Waals surface area (Å²) in [5.41, 5.74) is 4.48. The summed E-state index contributed by atoms with van der Waals surface area (Å²) in [5.74, 6) is -0.0336. The van der Waals surface area contributed by atoms with Crippen LogP contribution in [0.3, 0.4) is 0 Å². The average Bonchev–Trinajstić information content (AvgIpc) is 3.21. The lowest BCUT2D eigenvalue weighted by Crippen LogP contribution is -2.51. The normalized spacial score (nSPS) is 15.0. The van der Waals surface area contributed by atoms with Crippen molar-refractivity contribution in [3.05, 3.63) is 70.8 Å². The van der Waals surface area contributed by atoms with Gasteiger partial charge in [-0.1, -0.05) is 72.5 Å². The zero-order valence-electron chi connectivity index (χ0n) is 18.5. The van der Waals surface area contributed by atoms with E-state index in [0.717, 1.165) is 36.0 Å². The summed E-state index contributed by atoms with van der Waals surface area (Å²) in [5, 5.41) is 3.16. The molecule has 0 aromatic heterocycles. The van der Waals surface area contributed by atoms with Gasteiger partial charge in [0, 0.05) is 12.6 Å². The molecule has 2 aromatic carbocycles. The van der Waals surface area contributed by atoms with Crippen molar-refractivity contribution in [1.82, 2.24) is 10.2 Å². The Morgan fingerprint density at radius 1 is 1.00 bits per heavy atom. The fourth-order valence-electron chi connectivity index (χ4n) is 4.41. The van der Waals surface area contributed by atoms with E-state index in [1.54, 1.807) is 4.90 Å². The van der Waals surface area contributed by atoms with E-state index in [4.69, 9.17) is 0 Å². The predicted molar refractivity (Wildman–Crippen MR) is 121 cm³/mol. The van der Waals surface area contributed by atoms with Crippen LogP contribution in [0.5, 0.6) is 0 Å². The number of hydrogen-bond donors (Lipinski definition) is 1. The summed E-state index contributed by atoms with van der Waals surface area (Å²) < 4.78 is 0. The van der Waals surface area contributed by atoms with Crippen LogP contribution in [0.25, 0.3) is 0 Å². The smallest absolute Gasteiger partial charge is 0.242 e. The number of rotatable bonds is 8. The fourth-order valence-corrected chi connectivity index (χ4v) is 4.41. The number of amides is 2. The third-order valence-corrected chi connectivity index (χ3v) is 5.99. The molecule has 0 heterocycles. The van der Waals surface area contributed by atoms with Crippen LogP contribution in [0, 0.1) is 13.8 Å². The first-order valence-electron chi connectivity index (χ1n) is 11.1. The molecule has 1 aliphatic rings. The monoisotopic (exact) mass is 406 g/mol. The van der Waals surface area contributed by atoms with Crippen molar-refractivity contribution in [1.29, 1.82) is 0 Å². The molecule has 30 heavy (non-hydrogen) atoms. The molecule has 0 bridgehead atoms. The molecular formula is C26H34N2O2. The molecule has 4 nitrogen and oxygen atoms in total. The van der Waals surface area contributed by atoms with Gasteiger partial charge in [-0.25, -0.2) is 0 Å². The Labute approximate surface area is 180 Å². The van der Waals surface area contributed by atoms with Crippen LogP contribution in [-0.4, -0.2) is 35.3 Å². The topological polar surface area (TPSA) is 49.4 Å². The van der Waals surface area contributed by atoms with Gasteiger partial charge in [-0.2, -0.15) is 0 Å². The van der Waals surface area contributed by atoms with E-state index in [-0.39, 0.29) is 17.9 Å². The standard InChI is InChI=1S/C26H34N2O2/c1-19-15-20(2)17-23(16-19)18-25(29)28(14-13-22-9-5-4-6-10-22)21(3)26(30)27-24-11-7-8-12-24/h4-6,9-10,15-17,21,24H,7-8,11-14,18H2,1-3H3,(H,27,30)/t21-/m1/s1. The summed E-state index contributed by atoms with van der Waals surface area (Å²) in [6.07, 6.45) is 5.47. The van der Waals surface area contributed by atoms with Gasteiger partial charge in [0.15, 0.2) is 0 Å². The van der Waals surface area contributed by atoms with Gasteiger partial charge in [-0.05, 0) is 51.2 Å². The second-order valence-corrected chi connectivity index (χ2v) is 8.66. The minimum atomic E-state index is -0.479. The van der Waals surface area contributed by atoms with Gasteiger partial charge in [-0.3, -0.25) is 9.59 Å². The second-order valence-electron chi connectivity index (χ2n) is 8.66. The van der Waals surface area contributed by atoms with Crippen molar-refractivity contribution in [3.8, 4) is 0 Å². The zero-order valence-corrected chi connectivity index (χ0v) is 18.5. The lowest BCUT2D eigenvalue weighted by atomic mass is 10.0. The van der Waals surface area contributed by atoms with Gasteiger partial charge in [0.1, 0.15) is 6.04 Å². The molecule has 2 amide bonds. The van der Waals surface area contributed by atoms with Gasteiger partial charge >= 0.3 is 0 Å². The van der Waals surface area contributed by atoms with Crippen LogP contribution in [0.4, 0.5) is 0 Å². The number of nitrogens with zero attached hydrogens (tertiary/aromatic N) is 1. The van der Waals surface area contributed by atoms with Crippen molar-refractivity contribution < 1.29 is 9.59 Å². The van der Waals surface area contributed by atoms with Crippen LogP contribution in [-0.2, 0) is 22.4 Å². The minimum absolute atomic E-state index is 0.00463. The average molecular weight is 407 g/mol. The lowest BCUT2D eigenvalue weighted by Gasteiger charge is -2.30. The Morgan fingerprint density at radius 3 is 2.27 bits per heavy atom. The van der Waals surface area contributed by atoms with Crippen LogP contribution < -0.4 is 5.32 Å². The molecular weight excluding hydrogens is 372 g/mol. The summed E-state index contributed by atoms with van der Waals surface area (Å²) >= 11 is 0. The van der Waals surface area contributed by atoms with E-state index in [1.807, 2.05) is 39.0 Å². The quantitative estimate of drug-likeness (QED) is 0.708. The Hall–Kier alpha value is -2.62. The molecule has 0 saturated heterocycles. The Kier molecular flexibility index (Phi) is 7.67. The summed E-state index contributed by atoms with van der Waals surface area (Å²) in [4.78, 5) is 28.0. The number of carbonyl (C=O) groups excluding carboxylic acids is 2. The number of carbonyl (C=O) groups is 2. The third-order valence-electron chi connectivity index (χ3n) is 5.99. The van der Waals surface area contributed by atoms with Crippen molar-refractivity contribution in [2.45, 2.75) is 71.4 Å². The molecule has 1 atom stereocenters. The van der Waals surface area contributed by atoms with Gasteiger partial charge in [0.05, 0.1) is 6.42 Å². The number of aryl methyl sites for hydroxylation is 2. The number of nitrogens with one attached hydrogen (secondary N) is 1. The molecule has 1 N–H and O–H groups in total. The second kappa shape index (κ2) is 10.4. The molecule has 4 heteroatoms. The first-order chi connectivity index (χ1) is 14.4. The molecule has 0 spiro atoms. The Balaban J connectivity index is 1.72. The van der Waals surface area contributed by atoms with E-state index in [9.17, 15) is 9.59 Å². The molecule has 1 saturated carbocycles. The molecule has 3 rings (SSSR count). The molecule has 0 radical (unpaired) electrons. The molecule has 0 aliphatic heterocycles. The summed E-state index contributed by atoms with van der Waals surface area (Å²) in [6.45, 7) is 6.49. The van der Waals surface area contributed by atoms with Crippen molar-refractivity contribution in [2.75, 3.05) is 6.54 Å². The van der Waals surface area contributed by atoms with Gasteiger partial charge in [0.2, 0.25) is 11.8 Å². The minimum Gasteiger partial charge on any atom is -0.352 e. The molecule has 1 fully saturated rings. The van der Waals surface area contributed by atoms with Crippen LogP contribution >= 0.6 is 0 Å². The maximum atomic E-state index is 13.3. The first kappa shape index (κ1) is 22.1. The maximum Gasteiger partial charge on any atom is 0.242 e. The van der Waals surface area contributed by atoms with E-state index >= 15 is 0 Å². The van der Waals surface area contributed by atoms with Crippen molar-refractivity contribution >= 4 is 11.8 Å². The molecule has 1 aliphatic carbocycles. The van der Waals surface area contributed by atoms with Crippen LogP contribution in [0.15, 0.2) is 48.5 Å². The third kappa shape index (κ3) is 6.19. The largest absolute Gasteiger partial charge is 0.352 e. The van der Waals surface area contributed by atoms with E-state index < -0.39 is 6.04 Å². The lowest BCUT2D eigenvalue weighted by molar-refractivity contribution is -0.139. The Bertz CT molecular complexity index is 836. The highest BCUT2D eigenvalue weighted by molar-refractivity contribution is 5.88. The fraction of sp³-hybridized carbons (Fsp3) is 0.462. The van der Waals surface area contributed by atoms with Gasteiger partial charge in [0.25, 0.3) is 0 Å². The highest BCUT2D eigenvalue weighted by Crippen LogP contribution is 2.18.